The zero-order valence-electron chi connectivity index (χ0n) is 24.1. The van der Waals surface area contributed by atoms with E-state index in [9.17, 15) is 9.59 Å². The summed E-state index contributed by atoms with van der Waals surface area (Å²) in [4.78, 5) is 27.8. The first-order valence-corrected chi connectivity index (χ1v) is 14.7. The second-order valence-corrected chi connectivity index (χ2v) is 11.1. The average Bonchev–Trinajstić information content (AvgIpc) is 3.04. The molecule has 214 valence electrons. The van der Waals surface area contributed by atoms with Gasteiger partial charge in [-0.1, -0.05) is 121 Å². The first-order chi connectivity index (χ1) is 20.4. The van der Waals surface area contributed by atoms with E-state index in [1.165, 1.54) is 13.2 Å². The Bertz CT molecular complexity index is 1390. The van der Waals surface area contributed by atoms with Crippen molar-refractivity contribution < 1.29 is 14.3 Å². The van der Waals surface area contributed by atoms with E-state index >= 15 is 0 Å². The predicted octanol–water partition coefficient (Wildman–Crippen LogP) is 6.71. The third-order valence-corrected chi connectivity index (χ3v) is 8.51. The summed E-state index contributed by atoms with van der Waals surface area (Å²) in [7, 11) is 5.33. The van der Waals surface area contributed by atoms with Crippen molar-refractivity contribution in [1.29, 1.82) is 0 Å². The topological polar surface area (TPSA) is 58.6 Å². The lowest BCUT2D eigenvalue weighted by Crippen LogP contribution is -2.43. The Morgan fingerprint density at radius 3 is 1.74 bits per heavy atom. The van der Waals surface area contributed by atoms with Crippen LogP contribution < -0.4 is 10.2 Å². The van der Waals surface area contributed by atoms with Crippen molar-refractivity contribution in [3.8, 4) is 0 Å². The van der Waals surface area contributed by atoms with Crippen LogP contribution in [0.1, 0.15) is 22.3 Å². The molecule has 0 spiro atoms. The summed E-state index contributed by atoms with van der Waals surface area (Å²) < 4.78 is 4.47. The van der Waals surface area contributed by atoms with Gasteiger partial charge >= 0.3 is 5.97 Å². The number of carbonyl (C=O) groups excluding carboxylic acids is 2. The number of nitrogens with zero attached hydrogens (tertiary/aromatic N) is 1. The summed E-state index contributed by atoms with van der Waals surface area (Å²) in [6.07, 6.45) is 6.81. The summed E-state index contributed by atoms with van der Waals surface area (Å²) in [6.45, 7) is 0. The van der Waals surface area contributed by atoms with Crippen molar-refractivity contribution in [3.05, 3.63) is 156 Å². The van der Waals surface area contributed by atoms with Crippen molar-refractivity contribution in [2.45, 2.75) is 10.8 Å². The van der Waals surface area contributed by atoms with Crippen LogP contribution in [0.15, 0.2) is 133 Å². The molecule has 1 atom stereocenters. The van der Waals surface area contributed by atoms with Gasteiger partial charge in [-0.2, -0.15) is 0 Å². The zero-order valence-corrected chi connectivity index (χ0v) is 25.0. The molecule has 4 aromatic rings. The first-order valence-electron chi connectivity index (χ1n) is 13.7. The predicted molar refractivity (Wildman–Crippen MR) is 175 cm³/mol. The van der Waals surface area contributed by atoms with Crippen molar-refractivity contribution in [2.75, 3.05) is 31.9 Å². The maximum atomic E-state index is 12.9. The minimum Gasteiger partial charge on any atom is -0.467 e. The SMILES string of the molecule is COC(=O)[C@@H](CSC(c1ccccc1)(c1ccccc1)c1ccccc1)NC(=O)/C=C/C=C/c1ccc(N(C)C)cc1. The lowest BCUT2D eigenvalue weighted by Gasteiger charge is -2.36. The monoisotopic (exact) mass is 576 g/mol. The molecule has 0 unspecified atom stereocenters. The first kappa shape index (κ1) is 30.4. The number of hydrogen-bond donors (Lipinski definition) is 1. The maximum absolute atomic E-state index is 12.9. The molecule has 0 radical (unpaired) electrons. The van der Waals surface area contributed by atoms with Gasteiger partial charge in [-0.25, -0.2) is 4.79 Å². The number of anilines is 1. The highest BCUT2D eigenvalue weighted by atomic mass is 32.2. The number of rotatable bonds is 12. The van der Waals surface area contributed by atoms with Gasteiger partial charge in [0, 0.05) is 31.6 Å². The van der Waals surface area contributed by atoms with Gasteiger partial charge in [-0.05, 0) is 34.4 Å². The van der Waals surface area contributed by atoms with Crippen molar-refractivity contribution in [1.82, 2.24) is 5.32 Å². The fourth-order valence-corrected chi connectivity index (χ4v) is 6.25. The molecule has 0 saturated heterocycles. The van der Waals surface area contributed by atoms with Crippen LogP contribution in [0.2, 0.25) is 0 Å². The number of nitrogens with one attached hydrogen (secondary N) is 1. The van der Waals surface area contributed by atoms with Crippen molar-refractivity contribution in [3.63, 3.8) is 0 Å². The molecular weight excluding hydrogens is 540 g/mol. The summed E-state index contributed by atoms with van der Waals surface area (Å²) in [5.41, 5.74) is 5.36. The third kappa shape index (κ3) is 7.59. The van der Waals surface area contributed by atoms with Crippen LogP contribution in [0.25, 0.3) is 6.08 Å². The lowest BCUT2D eigenvalue weighted by atomic mass is 9.84. The van der Waals surface area contributed by atoms with E-state index in [0.717, 1.165) is 27.9 Å². The smallest absolute Gasteiger partial charge is 0.329 e. The fourth-order valence-electron chi connectivity index (χ4n) is 4.70. The molecule has 0 aromatic heterocycles. The number of carbonyl (C=O) groups is 2. The van der Waals surface area contributed by atoms with Crippen LogP contribution in [0.3, 0.4) is 0 Å². The molecule has 1 amide bonds. The van der Waals surface area contributed by atoms with E-state index in [0.29, 0.717) is 5.75 Å². The molecule has 0 heterocycles. The van der Waals surface area contributed by atoms with Crippen LogP contribution in [-0.2, 0) is 19.1 Å². The molecule has 6 heteroatoms. The summed E-state index contributed by atoms with van der Waals surface area (Å²) in [6, 6.07) is 37.9. The van der Waals surface area contributed by atoms with Crippen LogP contribution in [-0.4, -0.2) is 44.9 Å². The van der Waals surface area contributed by atoms with E-state index in [1.54, 1.807) is 23.9 Å². The van der Waals surface area contributed by atoms with E-state index in [2.05, 4.69) is 41.7 Å². The summed E-state index contributed by atoms with van der Waals surface area (Å²) in [5, 5.41) is 2.85. The Hall–Kier alpha value is -4.55. The molecule has 5 nitrogen and oxygen atoms in total. The number of thioether (sulfide) groups is 1. The molecule has 1 N–H and O–H groups in total. The van der Waals surface area contributed by atoms with Gasteiger partial charge in [-0.3, -0.25) is 4.79 Å². The van der Waals surface area contributed by atoms with E-state index in [1.807, 2.05) is 104 Å². The van der Waals surface area contributed by atoms with Crippen LogP contribution >= 0.6 is 11.8 Å². The second kappa shape index (κ2) is 14.9. The number of benzene rings is 4. The number of allylic oxidation sites excluding steroid dienone is 2. The molecule has 0 aliphatic rings. The minimum atomic E-state index is -0.852. The Morgan fingerprint density at radius 2 is 1.29 bits per heavy atom. The molecule has 0 bridgehead atoms. The van der Waals surface area contributed by atoms with Crippen LogP contribution in [0.5, 0.6) is 0 Å². The van der Waals surface area contributed by atoms with Gasteiger partial charge in [0.2, 0.25) is 5.91 Å². The number of amides is 1. The molecule has 42 heavy (non-hydrogen) atoms. The van der Waals surface area contributed by atoms with E-state index in [4.69, 9.17) is 4.74 Å². The van der Waals surface area contributed by atoms with Gasteiger partial charge < -0.3 is 15.0 Å². The summed E-state index contributed by atoms with van der Waals surface area (Å²) in [5.74, 6) is -0.578. The Labute approximate surface area is 252 Å². The van der Waals surface area contributed by atoms with Gasteiger partial charge in [0.25, 0.3) is 0 Å². The second-order valence-electron chi connectivity index (χ2n) is 9.88. The zero-order chi connectivity index (χ0) is 29.8. The molecule has 0 saturated carbocycles. The molecular formula is C36H36N2O3S. The highest BCUT2D eigenvalue weighted by molar-refractivity contribution is 8.00. The summed E-state index contributed by atoms with van der Waals surface area (Å²) >= 11 is 1.59. The van der Waals surface area contributed by atoms with Gasteiger partial charge in [-0.15, -0.1) is 11.8 Å². The maximum Gasteiger partial charge on any atom is 0.329 e. The standard InChI is InChI=1S/C36H36N2O3S/c1-38(2)32-25-23-28(24-26-32)15-13-14-22-34(39)37-33(35(40)41-3)27-42-36(29-16-7-4-8-17-29,30-18-9-5-10-19-30)31-20-11-6-12-21-31/h4-26,33H,27H2,1-3H3,(H,37,39)/b15-13+,22-14+/t33-/m1/s1. The van der Waals surface area contributed by atoms with Crippen molar-refractivity contribution in [2.24, 2.45) is 0 Å². The molecule has 0 aliphatic carbocycles. The van der Waals surface area contributed by atoms with E-state index < -0.39 is 16.8 Å². The van der Waals surface area contributed by atoms with Crippen molar-refractivity contribution >= 4 is 35.4 Å². The highest BCUT2D eigenvalue weighted by Gasteiger charge is 2.38. The number of methoxy groups -OCH3 is 1. The van der Waals surface area contributed by atoms with Gasteiger partial charge in [0.05, 0.1) is 11.9 Å². The number of hydrogen-bond acceptors (Lipinski definition) is 5. The molecule has 0 fully saturated rings. The normalized spacial score (nSPS) is 12.3. The average molecular weight is 577 g/mol. The largest absolute Gasteiger partial charge is 0.467 e. The lowest BCUT2D eigenvalue weighted by molar-refractivity contribution is -0.143. The molecule has 0 aliphatic heterocycles. The Balaban J connectivity index is 1.55. The quantitative estimate of drug-likeness (QED) is 0.0880. The van der Waals surface area contributed by atoms with Crippen LogP contribution in [0, 0.1) is 0 Å². The van der Waals surface area contributed by atoms with Gasteiger partial charge in [0.1, 0.15) is 6.04 Å². The fraction of sp³-hybridized carbons (Fsp3) is 0.167. The Kier molecular flexibility index (Phi) is 10.8. The number of ether oxygens (including phenoxy) is 1. The van der Waals surface area contributed by atoms with Crippen LogP contribution in [0.4, 0.5) is 5.69 Å². The van der Waals surface area contributed by atoms with E-state index in [-0.39, 0.29) is 5.91 Å². The molecule has 4 rings (SSSR count). The Morgan fingerprint density at radius 1 is 0.786 bits per heavy atom. The van der Waals surface area contributed by atoms with Gasteiger partial charge in [0.15, 0.2) is 0 Å². The molecule has 4 aromatic carbocycles. The highest BCUT2D eigenvalue weighted by Crippen LogP contribution is 2.48. The minimum absolute atomic E-state index is 0.291. The third-order valence-electron chi connectivity index (χ3n) is 6.87. The number of esters is 1.